The minimum Gasteiger partial charge on any atom is -0.334 e. The highest BCUT2D eigenvalue weighted by Gasteiger charge is 2.10. The van der Waals surface area contributed by atoms with Crippen LogP contribution in [0.4, 0.5) is 14.3 Å². The van der Waals surface area contributed by atoms with Crippen LogP contribution in [-0.4, -0.2) is 18.1 Å². The third-order valence-electron chi connectivity index (χ3n) is 2.96. The average molecular weight is 308 g/mol. The number of nitrogens with zero attached hydrogens (tertiary/aromatic N) is 1. The lowest BCUT2D eigenvalue weighted by molar-refractivity contribution is 0.251. The Bertz CT molecular complexity index is 617. The van der Waals surface area contributed by atoms with Crippen LogP contribution < -0.4 is 16.0 Å². The van der Waals surface area contributed by atoms with Crippen LogP contribution in [0.2, 0.25) is 0 Å². The van der Waals surface area contributed by atoms with Crippen molar-refractivity contribution in [2.75, 3.05) is 12.4 Å². The molecule has 0 aliphatic heterocycles. The fourth-order valence-electron chi connectivity index (χ4n) is 1.66. The molecule has 112 valence electrons. The first kappa shape index (κ1) is 15.4. The highest BCUT2D eigenvalue weighted by atomic mass is 32.1. The van der Waals surface area contributed by atoms with Crippen molar-refractivity contribution in [3.05, 3.63) is 46.7 Å². The number of amides is 2. The molecule has 3 N–H and O–H groups in total. The fourth-order valence-corrected chi connectivity index (χ4v) is 2.46. The van der Waals surface area contributed by atoms with Gasteiger partial charge in [0.2, 0.25) is 0 Å². The van der Waals surface area contributed by atoms with Crippen molar-refractivity contribution in [3.8, 4) is 0 Å². The molecular formula is C14H17FN4OS. The number of anilines is 1. The molecule has 1 unspecified atom stereocenters. The number of thiazole rings is 1. The number of rotatable bonds is 5. The van der Waals surface area contributed by atoms with E-state index in [9.17, 15) is 9.18 Å². The number of aromatic nitrogens is 1. The summed E-state index contributed by atoms with van der Waals surface area (Å²) in [5.74, 6) is -0.319. The van der Waals surface area contributed by atoms with E-state index in [1.54, 1.807) is 12.1 Å². The lowest BCUT2D eigenvalue weighted by atomic mass is 10.2. The van der Waals surface area contributed by atoms with E-state index < -0.39 is 0 Å². The van der Waals surface area contributed by atoms with E-state index in [0.29, 0.717) is 10.7 Å². The molecule has 0 aliphatic rings. The molecule has 1 aromatic carbocycles. The largest absolute Gasteiger partial charge is 0.334 e. The Morgan fingerprint density at radius 1 is 1.48 bits per heavy atom. The van der Waals surface area contributed by atoms with Gasteiger partial charge in [-0.2, -0.15) is 0 Å². The van der Waals surface area contributed by atoms with Gasteiger partial charge in [0.25, 0.3) is 0 Å². The zero-order valence-corrected chi connectivity index (χ0v) is 12.6. The van der Waals surface area contributed by atoms with Gasteiger partial charge in [-0.25, -0.2) is 14.2 Å². The summed E-state index contributed by atoms with van der Waals surface area (Å²) in [6, 6.07) is 5.88. The van der Waals surface area contributed by atoms with Gasteiger partial charge in [0.1, 0.15) is 5.82 Å². The monoisotopic (exact) mass is 308 g/mol. The van der Waals surface area contributed by atoms with Gasteiger partial charge in [-0.3, -0.25) is 5.32 Å². The summed E-state index contributed by atoms with van der Waals surface area (Å²) < 4.78 is 13.0. The van der Waals surface area contributed by atoms with E-state index in [4.69, 9.17) is 0 Å². The molecule has 0 spiro atoms. The second-order valence-corrected chi connectivity index (χ2v) is 5.38. The van der Waals surface area contributed by atoms with Crippen molar-refractivity contribution in [2.45, 2.75) is 19.5 Å². The van der Waals surface area contributed by atoms with Crippen molar-refractivity contribution in [3.63, 3.8) is 0 Å². The number of halogens is 1. The molecule has 2 rings (SSSR count). The predicted octanol–water partition coefficient (Wildman–Crippen LogP) is 2.88. The first-order valence-electron chi connectivity index (χ1n) is 6.50. The number of carbonyl (C=O) groups is 1. The maximum absolute atomic E-state index is 13.0. The van der Waals surface area contributed by atoms with Crippen molar-refractivity contribution in [1.29, 1.82) is 0 Å². The molecule has 0 saturated heterocycles. The van der Waals surface area contributed by atoms with Gasteiger partial charge in [0, 0.05) is 18.0 Å². The van der Waals surface area contributed by atoms with Gasteiger partial charge >= 0.3 is 6.03 Å². The van der Waals surface area contributed by atoms with E-state index in [1.165, 1.54) is 23.5 Å². The molecule has 1 atom stereocenters. The topological polar surface area (TPSA) is 66.0 Å². The van der Waals surface area contributed by atoms with Crippen LogP contribution in [0.1, 0.15) is 24.2 Å². The van der Waals surface area contributed by atoms with Crippen LogP contribution in [0.15, 0.2) is 29.6 Å². The standard InChI is InChI=1S/C14H17FN4OS/c1-9(16-2)12-8-21-14(18-12)19-13(20)17-7-10-4-3-5-11(15)6-10/h3-6,8-9,16H,7H2,1-2H3,(H2,17,18,19,20). The minimum absolute atomic E-state index is 0.132. The Hall–Kier alpha value is -1.99. The van der Waals surface area contributed by atoms with Gasteiger partial charge in [0.05, 0.1) is 5.69 Å². The SMILES string of the molecule is CNC(C)c1csc(NC(=O)NCc2cccc(F)c2)n1. The molecule has 0 saturated carbocycles. The quantitative estimate of drug-likeness (QED) is 0.795. The first-order chi connectivity index (χ1) is 10.1. The summed E-state index contributed by atoms with van der Waals surface area (Å²) in [7, 11) is 1.85. The number of hydrogen-bond acceptors (Lipinski definition) is 4. The predicted molar refractivity (Wildman–Crippen MR) is 81.8 cm³/mol. The van der Waals surface area contributed by atoms with Gasteiger partial charge < -0.3 is 10.6 Å². The molecule has 0 bridgehead atoms. The molecule has 0 fully saturated rings. The maximum atomic E-state index is 13.0. The third-order valence-corrected chi connectivity index (χ3v) is 3.74. The van der Waals surface area contributed by atoms with Gasteiger partial charge in [-0.05, 0) is 31.7 Å². The number of carbonyl (C=O) groups excluding carboxylic acids is 1. The smallest absolute Gasteiger partial charge is 0.321 e. The molecule has 0 aliphatic carbocycles. The van der Waals surface area contributed by atoms with Crippen LogP contribution in [0.5, 0.6) is 0 Å². The lowest BCUT2D eigenvalue weighted by Crippen LogP contribution is -2.28. The summed E-state index contributed by atoms with van der Waals surface area (Å²) in [5.41, 5.74) is 1.58. The van der Waals surface area contributed by atoms with Crippen molar-refractivity contribution < 1.29 is 9.18 Å². The summed E-state index contributed by atoms with van der Waals surface area (Å²) >= 11 is 1.36. The van der Waals surface area contributed by atoms with Gasteiger partial charge in [-0.15, -0.1) is 11.3 Å². The third kappa shape index (κ3) is 4.51. The molecule has 0 radical (unpaired) electrons. The normalized spacial score (nSPS) is 12.0. The summed E-state index contributed by atoms with van der Waals surface area (Å²) in [5, 5.41) is 10.8. The molecule has 2 aromatic rings. The van der Waals surface area contributed by atoms with Crippen LogP contribution in [0, 0.1) is 5.82 Å². The molecular weight excluding hydrogens is 291 g/mol. The van der Waals surface area contributed by atoms with E-state index in [2.05, 4.69) is 20.9 Å². The second-order valence-electron chi connectivity index (χ2n) is 4.53. The first-order valence-corrected chi connectivity index (χ1v) is 7.38. The Labute approximate surface area is 126 Å². The molecule has 21 heavy (non-hydrogen) atoms. The summed E-state index contributed by atoms with van der Waals surface area (Å²) in [6.07, 6.45) is 0. The molecule has 7 heteroatoms. The second kappa shape index (κ2) is 7.14. The average Bonchev–Trinajstić information content (AvgIpc) is 2.93. The van der Waals surface area contributed by atoms with Gasteiger partial charge in [0.15, 0.2) is 5.13 Å². The van der Waals surface area contributed by atoms with Crippen molar-refractivity contribution in [2.24, 2.45) is 0 Å². The molecule has 1 heterocycles. The van der Waals surface area contributed by atoms with E-state index in [-0.39, 0.29) is 24.4 Å². The molecule has 5 nitrogen and oxygen atoms in total. The van der Waals surface area contributed by atoms with Crippen molar-refractivity contribution >= 4 is 22.5 Å². The molecule has 2 amide bonds. The highest BCUT2D eigenvalue weighted by Crippen LogP contribution is 2.20. The zero-order valence-electron chi connectivity index (χ0n) is 11.8. The Morgan fingerprint density at radius 2 is 2.29 bits per heavy atom. The molecule has 1 aromatic heterocycles. The van der Waals surface area contributed by atoms with E-state index >= 15 is 0 Å². The lowest BCUT2D eigenvalue weighted by Gasteiger charge is -2.06. The van der Waals surface area contributed by atoms with Crippen LogP contribution in [-0.2, 0) is 6.54 Å². The van der Waals surface area contributed by atoms with Crippen LogP contribution in [0.3, 0.4) is 0 Å². The number of hydrogen-bond donors (Lipinski definition) is 3. The number of benzene rings is 1. The minimum atomic E-state index is -0.364. The zero-order chi connectivity index (χ0) is 15.2. The maximum Gasteiger partial charge on any atom is 0.321 e. The number of nitrogens with one attached hydrogen (secondary N) is 3. The Kier molecular flexibility index (Phi) is 5.24. The van der Waals surface area contributed by atoms with Crippen LogP contribution >= 0.6 is 11.3 Å². The van der Waals surface area contributed by atoms with E-state index in [1.807, 2.05) is 19.4 Å². The van der Waals surface area contributed by atoms with Crippen LogP contribution in [0.25, 0.3) is 0 Å². The van der Waals surface area contributed by atoms with E-state index in [0.717, 1.165) is 5.69 Å². The number of urea groups is 1. The fraction of sp³-hybridized carbons (Fsp3) is 0.286. The Morgan fingerprint density at radius 3 is 3.00 bits per heavy atom. The summed E-state index contributed by atoms with van der Waals surface area (Å²) in [6.45, 7) is 2.25. The van der Waals surface area contributed by atoms with Crippen molar-refractivity contribution in [1.82, 2.24) is 15.6 Å². The highest BCUT2D eigenvalue weighted by molar-refractivity contribution is 7.13. The summed E-state index contributed by atoms with van der Waals surface area (Å²) in [4.78, 5) is 16.1. The van der Waals surface area contributed by atoms with Gasteiger partial charge in [-0.1, -0.05) is 12.1 Å². The Balaban J connectivity index is 1.86.